The molecule has 2 aromatic heterocycles. The van der Waals surface area contributed by atoms with Gasteiger partial charge in [-0.25, -0.2) is 4.98 Å². The second-order valence-corrected chi connectivity index (χ2v) is 5.82. The Kier molecular flexibility index (Phi) is 3.65. The lowest BCUT2D eigenvalue weighted by molar-refractivity contribution is 0.177. The molecule has 2 heterocycles. The molecule has 0 spiro atoms. The highest BCUT2D eigenvalue weighted by atomic mass is 79.9. The maximum absolute atomic E-state index is 12.2. The molecule has 4 nitrogen and oxygen atoms in total. The molecule has 0 aromatic carbocycles. The van der Waals surface area contributed by atoms with Crippen molar-refractivity contribution in [1.82, 2.24) is 9.55 Å². The van der Waals surface area contributed by atoms with E-state index in [9.17, 15) is 9.90 Å². The Balaban J connectivity index is 2.57. The van der Waals surface area contributed by atoms with E-state index in [0.717, 1.165) is 15.3 Å². The number of aliphatic hydroxyl groups is 1. The predicted octanol–water partition coefficient (Wildman–Crippen LogP) is 1.83. The number of rotatable bonds is 3. The highest BCUT2D eigenvalue weighted by Crippen LogP contribution is 2.25. The molecule has 2 rings (SSSR count). The van der Waals surface area contributed by atoms with Crippen molar-refractivity contribution >= 4 is 37.5 Å². The van der Waals surface area contributed by atoms with Crippen LogP contribution in [-0.2, 0) is 6.54 Å². The van der Waals surface area contributed by atoms with Gasteiger partial charge >= 0.3 is 0 Å². The molecule has 0 saturated carbocycles. The first-order chi connectivity index (χ1) is 8.04. The standard InChI is InChI=1S/C11H13BrN2O2S/c1-6-7(2)17-10-9(6)11(16)14(5-13-10)4-8(15)3-12/h5,8,15H,3-4H2,1-2H3. The van der Waals surface area contributed by atoms with Crippen molar-refractivity contribution in [1.29, 1.82) is 0 Å². The van der Waals surface area contributed by atoms with Crippen molar-refractivity contribution in [2.75, 3.05) is 5.33 Å². The van der Waals surface area contributed by atoms with E-state index in [1.54, 1.807) is 0 Å². The lowest BCUT2D eigenvalue weighted by Crippen LogP contribution is -2.27. The van der Waals surface area contributed by atoms with E-state index in [1.807, 2.05) is 13.8 Å². The smallest absolute Gasteiger partial charge is 0.262 e. The van der Waals surface area contributed by atoms with Gasteiger partial charge in [-0.1, -0.05) is 15.9 Å². The molecule has 1 atom stereocenters. The summed E-state index contributed by atoms with van der Waals surface area (Å²) in [5, 5.41) is 10.7. The molecule has 0 radical (unpaired) electrons. The van der Waals surface area contributed by atoms with Crippen LogP contribution in [0.2, 0.25) is 0 Å². The quantitative estimate of drug-likeness (QED) is 0.879. The van der Waals surface area contributed by atoms with E-state index in [4.69, 9.17) is 0 Å². The van der Waals surface area contributed by atoms with Crippen LogP contribution in [-0.4, -0.2) is 26.1 Å². The summed E-state index contributed by atoms with van der Waals surface area (Å²) in [5.74, 6) is 0. The largest absolute Gasteiger partial charge is 0.390 e. The van der Waals surface area contributed by atoms with Crippen molar-refractivity contribution in [3.05, 3.63) is 27.1 Å². The van der Waals surface area contributed by atoms with Crippen LogP contribution < -0.4 is 5.56 Å². The number of aryl methyl sites for hydroxylation is 2. The topological polar surface area (TPSA) is 55.1 Å². The Hall–Kier alpha value is -0.720. The van der Waals surface area contributed by atoms with Crippen LogP contribution in [0, 0.1) is 13.8 Å². The minimum Gasteiger partial charge on any atom is -0.390 e. The third-order valence-electron chi connectivity index (χ3n) is 2.74. The molecule has 0 aliphatic heterocycles. The first-order valence-electron chi connectivity index (χ1n) is 5.23. The number of halogens is 1. The normalized spacial score (nSPS) is 13.2. The van der Waals surface area contributed by atoms with Gasteiger partial charge in [-0.2, -0.15) is 0 Å². The fraction of sp³-hybridized carbons (Fsp3) is 0.455. The monoisotopic (exact) mass is 316 g/mol. The molecule has 1 N–H and O–H groups in total. The zero-order chi connectivity index (χ0) is 12.6. The van der Waals surface area contributed by atoms with E-state index in [0.29, 0.717) is 10.7 Å². The number of nitrogens with zero attached hydrogens (tertiary/aromatic N) is 2. The third-order valence-corrected chi connectivity index (χ3v) is 4.60. The van der Waals surface area contributed by atoms with Gasteiger partial charge in [0, 0.05) is 10.2 Å². The second kappa shape index (κ2) is 4.88. The van der Waals surface area contributed by atoms with Gasteiger partial charge in [0.05, 0.1) is 24.4 Å². The van der Waals surface area contributed by atoms with Gasteiger partial charge in [0.15, 0.2) is 0 Å². The average Bonchev–Trinajstić information content (AvgIpc) is 2.59. The lowest BCUT2D eigenvalue weighted by Gasteiger charge is -2.09. The van der Waals surface area contributed by atoms with Crippen LogP contribution in [0.1, 0.15) is 10.4 Å². The first kappa shape index (κ1) is 12.7. The summed E-state index contributed by atoms with van der Waals surface area (Å²) in [6, 6.07) is 0. The van der Waals surface area contributed by atoms with Crippen LogP contribution in [0.4, 0.5) is 0 Å². The van der Waals surface area contributed by atoms with E-state index < -0.39 is 6.10 Å². The zero-order valence-electron chi connectivity index (χ0n) is 9.61. The summed E-state index contributed by atoms with van der Waals surface area (Å²) in [5.41, 5.74) is 0.919. The summed E-state index contributed by atoms with van der Waals surface area (Å²) < 4.78 is 1.47. The van der Waals surface area contributed by atoms with Crippen LogP contribution in [0.5, 0.6) is 0 Å². The van der Waals surface area contributed by atoms with Gasteiger partial charge < -0.3 is 5.11 Å². The van der Waals surface area contributed by atoms with Crippen molar-refractivity contribution < 1.29 is 5.11 Å². The van der Waals surface area contributed by atoms with Gasteiger partial charge in [-0.15, -0.1) is 11.3 Å². The Labute approximate surface area is 111 Å². The van der Waals surface area contributed by atoms with E-state index in [2.05, 4.69) is 20.9 Å². The summed E-state index contributed by atoms with van der Waals surface area (Å²) in [6.07, 6.45) is 0.929. The van der Waals surface area contributed by atoms with Crippen molar-refractivity contribution in [3.8, 4) is 0 Å². The number of fused-ring (bicyclic) bond motifs is 1. The van der Waals surface area contributed by atoms with Gasteiger partial charge in [-0.3, -0.25) is 9.36 Å². The molecule has 0 aliphatic carbocycles. The molecule has 1 unspecified atom stereocenters. The summed E-state index contributed by atoms with van der Waals surface area (Å²) in [7, 11) is 0. The Morgan fingerprint density at radius 1 is 1.59 bits per heavy atom. The maximum atomic E-state index is 12.2. The van der Waals surface area contributed by atoms with Gasteiger partial charge in [0.1, 0.15) is 4.83 Å². The molecular formula is C11H13BrN2O2S. The molecule has 0 aliphatic rings. The number of aromatic nitrogens is 2. The van der Waals surface area contributed by atoms with Gasteiger partial charge in [-0.05, 0) is 19.4 Å². The zero-order valence-corrected chi connectivity index (χ0v) is 12.0. The van der Waals surface area contributed by atoms with Crippen LogP contribution >= 0.6 is 27.3 Å². The van der Waals surface area contributed by atoms with E-state index in [-0.39, 0.29) is 12.1 Å². The second-order valence-electron chi connectivity index (χ2n) is 3.97. The molecule has 6 heteroatoms. The van der Waals surface area contributed by atoms with Crippen molar-refractivity contribution in [2.24, 2.45) is 0 Å². The minimum absolute atomic E-state index is 0.0724. The number of hydrogen-bond acceptors (Lipinski definition) is 4. The molecule has 0 fully saturated rings. The Bertz CT molecular complexity index is 605. The summed E-state index contributed by atoms with van der Waals surface area (Å²) in [4.78, 5) is 18.4. The molecule has 0 bridgehead atoms. The molecule has 0 saturated heterocycles. The Morgan fingerprint density at radius 3 is 2.94 bits per heavy atom. The van der Waals surface area contributed by atoms with Gasteiger partial charge in [0.2, 0.25) is 0 Å². The Morgan fingerprint density at radius 2 is 2.29 bits per heavy atom. The molecule has 17 heavy (non-hydrogen) atoms. The molecule has 0 amide bonds. The molecule has 2 aromatic rings. The number of hydrogen-bond donors (Lipinski definition) is 1. The summed E-state index contributed by atoms with van der Waals surface area (Å²) in [6.45, 7) is 4.18. The number of thiophene rings is 1. The number of alkyl halides is 1. The fourth-order valence-electron chi connectivity index (χ4n) is 1.68. The SMILES string of the molecule is Cc1sc2ncn(CC(O)CBr)c(=O)c2c1C. The first-order valence-corrected chi connectivity index (χ1v) is 7.17. The van der Waals surface area contributed by atoms with Crippen molar-refractivity contribution in [2.45, 2.75) is 26.5 Å². The number of aliphatic hydroxyl groups excluding tert-OH is 1. The molecular weight excluding hydrogens is 304 g/mol. The minimum atomic E-state index is -0.577. The lowest BCUT2D eigenvalue weighted by atomic mass is 10.2. The van der Waals surface area contributed by atoms with E-state index >= 15 is 0 Å². The predicted molar refractivity (Wildman–Crippen MR) is 73.2 cm³/mol. The van der Waals surface area contributed by atoms with Gasteiger partial charge in [0.25, 0.3) is 5.56 Å². The van der Waals surface area contributed by atoms with Crippen LogP contribution in [0.25, 0.3) is 10.2 Å². The van der Waals surface area contributed by atoms with Crippen LogP contribution in [0.15, 0.2) is 11.1 Å². The maximum Gasteiger partial charge on any atom is 0.262 e. The van der Waals surface area contributed by atoms with Crippen LogP contribution in [0.3, 0.4) is 0 Å². The van der Waals surface area contributed by atoms with Crippen molar-refractivity contribution in [3.63, 3.8) is 0 Å². The highest BCUT2D eigenvalue weighted by molar-refractivity contribution is 9.09. The van der Waals surface area contributed by atoms with E-state index in [1.165, 1.54) is 22.2 Å². The molecule has 92 valence electrons. The highest BCUT2D eigenvalue weighted by Gasteiger charge is 2.13. The third kappa shape index (κ3) is 2.29. The summed E-state index contributed by atoms with van der Waals surface area (Å²) >= 11 is 4.71. The fourth-order valence-corrected chi connectivity index (χ4v) is 2.87. The average molecular weight is 317 g/mol.